The second-order valence-electron chi connectivity index (χ2n) is 5.95. The summed E-state index contributed by atoms with van der Waals surface area (Å²) in [6.07, 6.45) is 4.47. The Morgan fingerprint density at radius 2 is 2.00 bits per heavy atom. The molecule has 2 aromatic rings. The largest absolute Gasteiger partial charge is 0.366 e. The van der Waals surface area contributed by atoms with Crippen LogP contribution in [0.1, 0.15) is 24.5 Å². The second-order valence-corrected chi connectivity index (χ2v) is 7.97. The normalized spacial score (nSPS) is 16.3. The van der Waals surface area contributed by atoms with Crippen molar-refractivity contribution in [3.63, 3.8) is 0 Å². The van der Waals surface area contributed by atoms with Gasteiger partial charge in [0.1, 0.15) is 5.69 Å². The highest BCUT2D eigenvalue weighted by atomic mass is 32.2. The number of H-pyrrole nitrogens is 1. The highest BCUT2D eigenvalue weighted by Gasteiger charge is 2.27. The molecule has 9 heteroatoms. The molecule has 128 valence electrons. The minimum atomic E-state index is -3.48. The maximum absolute atomic E-state index is 11.6. The molecule has 0 amide bonds. The third-order valence-corrected chi connectivity index (χ3v) is 5.48. The third-order valence-electron chi connectivity index (χ3n) is 4.37. The van der Waals surface area contributed by atoms with Gasteiger partial charge in [0.2, 0.25) is 0 Å². The molecule has 0 unspecified atom stereocenters. The Balaban J connectivity index is 1.84. The van der Waals surface area contributed by atoms with E-state index >= 15 is 0 Å². The molecule has 0 spiro atoms. The minimum Gasteiger partial charge on any atom is -0.366 e. The summed E-state index contributed by atoms with van der Waals surface area (Å²) >= 11 is 0. The van der Waals surface area contributed by atoms with E-state index in [1.165, 1.54) is 12.1 Å². The van der Waals surface area contributed by atoms with Crippen LogP contribution >= 0.6 is 0 Å². The third kappa shape index (κ3) is 3.25. The predicted octanol–water partition coefficient (Wildman–Crippen LogP) is 2.11. The van der Waals surface area contributed by atoms with E-state index in [0.717, 1.165) is 30.9 Å². The zero-order valence-electron chi connectivity index (χ0n) is 13.2. The quantitative estimate of drug-likeness (QED) is 0.668. The van der Waals surface area contributed by atoms with E-state index in [-0.39, 0.29) is 10.6 Å². The number of piperidine rings is 1. The molecule has 0 saturated carbocycles. The van der Waals surface area contributed by atoms with Crippen LogP contribution in [0.15, 0.2) is 35.4 Å². The van der Waals surface area contributed by atoms with Crippen molar-refractivity contribution in [3.8, 4) is 0 Å². The molecule has 1 aromatic heterocycles. The Labute approximate surface area is 139 Å². The topological polar surface area (TPSA) is 109 Å². The average Bonchev–Trinajstić information content (AvgIpc) is 3.08. The van der Waals surface area contributed by atoms with Crippen molar-refractivity contribution in [2.24, 2.45) is 0 Å². The molecule has 0 aliphatic carbocycles. The number of benzene rings is 1. The van der Waals surface area contributed by atoms with Crippen molar-refractivity contribution in [1.82, 2.24) is 10.2 Å². The van der Waals surface area contributed by atoms with Gasteiger partial charge in [-0.25, -0.2) is 8.42 Å². The molecule has 0 radical (unpaired) electrons. The van der Waals surface area contributed by atoms with Crippen molar-refractivity contribution in [3.05, 3.63) is 46.3 Å². The molecular formula is C15H18N4O4S. The molecule has 8 nitrogen and oxygen atoms in total. The number of nitrogens with one attached hydrogen (secondary N) is 1. The van der Waals surface area contributed by atoms with Gasteiger partial charge in [0.05, 0.1) is 9.82 Å². The number of nitro benzene ring substituents is 1. The number of nitrogens with zero attached hydrogens (tertiary/aromatic N) is 3. The first kappa shape index (κ1) is 16.4. The number of anilines is 1. The van der Waals surface area contributed by atoms with Gasteiger partial charge in [0.15, 0.2) is 9.84 Å². The molecule has 3 rings (SSSR count). The van der Waals surface area contributed by atoms with E-state index in [9.17, 15) is 18.5 Å². The van der Waals surface area contributed by atoms with Gasteiger partial charge in [0.25, 0.3) is 5.69 Å². The number of aromatic nitrogens is 2. The smallest absolute Gasteiger partial charge is 0.293 e. The van der Waals surface area contributed by atoms with Crippen LogP contribution in [0.4, 0.5) is 11.4 Å². The zero-order chi connectivity index (χ0) is 17.3. The molecule has 2 heterocycles. The van der Waals surface area contributed by atoms with Crippen LogP contribution in [0.3, 0.4) is 0 Å². The van der Waals surface area contributed by atoms with Crippen molar-refractivity contribution < 1.29 is 13.3 Å². The molecule has 1 saturated heterocycles. The lowest BCUT2D eigenvalue weighted by Crippen LogP contribution is -2.33. The minimum absolute atomic E-state index is 0.0368. The highest BCUT2D eigenvalue weighted by Crippen LogP contribution is 2.35. The first-order chi connectivity index (χ1) is 11.4. The fraction of sp³-hybridized carbons (Fsp3) is 0.400. The van der Waals surface area contributed by atoms with Crippen LogP contribution in [-0.4, -0.2) is 42.9 Å². The van der Waals surface area contributed by atoms with Gasteiger partial charge >= 0.3 is 0 Å². The molecule has 1 fully saturated rings. The monoisotopic (exact) mass is 350 g/mol. The Morgan fingerprint density at radius 1 is 1.29 bits per heavy atom. The first-order valence-electron chi connectivity index (χ1n) is 7.59. The van der Waals surface area contributed by atoms with Crippen molar-refractivity contribution in [1.29, 1.82) is 0 Å². The summed E-state index contributed by atoms with van der Waals surface area (Å²) in [5.74, 6) is 0.359. The van der Waals surface area contributed by atoms with Crippen LogP contribution < -0.4 is 4.90 Å². The van der Waals surface area contributed by atoms with Crippen LogP contribution in [-0.2, 0) is 9.84 Å². The standard InChI is InChI=1S/C15H18N4O4S/c1-24(22,23)12-2-3-14(15(10-12)19(20)21)18-8-5-11(6-9-18)13-4-7-16-17-13/h2-4,7,10-11H,5-6,8-9H2,1H3,(H,16,17). The molecule has 1 N–H and O–H groups in total. The summed E-state index contributed by atoms with van der Waals surface area (Å²) in [6, 6.07) is 6.05. The van der Waals surface area contributed by atoms with Gasteiger partial charge in [-0.2, -0.15) is 5.10 Å². The summed E-state index contributed by atoms with van der Waals surface area (Å²) < 4.78 is 23.2. The van der Waals surface area contributed by atoms with E-state index in [4.69, 9.17) is 0 Å². The average molecular weight is 350 g/mol. The fourth-order valence-corrected chi connectivity index (χ4v) is 3.71. The van der Waals surface area contributed by atoms with Crippen molar-refractivity contribution in [2.45, 2.75) is 23.7 Å². The molecule has 1 aliphatic heterocycles. The highest BCUT2D eigenvalue weighted by molar-refractivity contribution is 7.90. The molecule has 1 aliphatic rings. The van der Waals surface area contributed by atoms with E-state index in [0.29, 0.717) is 24.7 Å². The molecule has 24 heavy (non-hydrogen) atoms. The number of rotatable bonds is 4. The van der Waals surface area contributed by atoms with Crippen LogP contribution in [0, 0.1) is 10.1 Å². The Kier molecular flexibility index (Phi) is 4.27. The zero-order valence-corrected chi connectivity index (χ0v) is 14.0. The summed E-state index contributed by atoms with van der Waals surface area (Å²) in [7, 11) is -3.48. The number of aromatic amines is 1. The van der Waals surface area contributed by atoms with Crippen LogP contribution in [0.2, 0.25) is 0 Å². The van der Waals surface area contributed by atoms with Crippen molar-refractivity contribution >= 4 is 21.2 Å². The second kappa shape index (κ2) is 6.23. The van der Waals surface area contributed by atoms with Gasteiger partial charge in [0, 0.05) is 43.2 Å². The number of sulfone groups is 1. The van der Waals surface area contributed by atoms with Crippen LogP contribution in [0.5, 0.6) is 0 Å². The van der Waals surface area contributed by atoms with Gasteiger partial charge in [-0.1, -0.05) is 0 Å². The lowest BCUT2D eigenvalue weighted by Gasteiger charge is -2.32. The van der Waals surface area contributed by atoms with Gasteiger partial charge in [-0.3, -0.25) is 15.2 Å². The SMILES string of the molecule is CS(=O)(=O)c1ccc(N2CCC(c3ccn[nH]3)CC2)c([N+](=O)[O-])c1. The number of hydrogen-bond donors (Lipinski definition) is 1. The summed E-state index contributed by atoms with van der Waals surface area (Å²) in [4.78, 5) is 12.7. The molecule has 1 aromatic carbocycles. The maximum atomic E-state index is 11.6. The molecule has 0 atom stereocenters. The maximum Gasteiger partial charge on any atom is 0.293 e. The van der Waals surface area contributed by atoms with Gasteiger partial charge < -0.3 is 4.90 Å². The first-order valence-corrected chi connectivity index (χ1v) is 9.48. The lowest BCUT2D eigenvalue weighted by atomic mass is 9.93. The Hall–Kier alpha value is -2.42. The van der Waals surface area contributed by atoms with Crippen molar-refractivity contribution in [2.75, 3.05) is 24.2 Å². The summed E-state index contributed by atoms with van der Waals surface area (Å²) in [5.41, 5.74) is 1.38. The van der Waals surface area contributed by atoms with E-state index in [1.807, 2.05) is 11.0 Å². The number of nitro groups is 1. The number of hydrogen-bond acceptors (Lipinski definition) is 6. The Bertz CT molecular complexity index is 840. The van der Waals surface area contributed by atoms with E-state index in [1.54, 1.807) is 6.20 Å². The van der Waals surface area contributed by atoms with Crippen LogP contribution in [0.25, 0.3) is 0 Å². The lowest BCUT2D eigenvalue weighted by molar-refractivity contribution is -0.384. The van der Waals surface area contributed by atoms with Gasteiger partial charge in [-0.15, -0.1) is 0 Å². The van der Waals surface area contributed by atoms with Gasteiger partial charge in [-0.05, 0) is 31.0 Å². The van der Waals surface area contributed by atoms with E-state index in [2.05, 4.69) is 10.2 Å². The molecular weight excluding hydrogens is 332 g/mol. The Morgan fingerprint density at radius 3 is 2.54 bits per heavy atom. The predicted molar refractivity (Wildman–Crippen MR) is 89.0 cm³/mol. The fourth-order valence-electron chi connectivity index (χ4n) is 3.07. The summed E-state index contributed by atoms with van der Waals surface area (Å²) in [5, 5.41) is 18.3. The van der Waals surface area contributed by atoms with E-state index < -0.39 is 14.8 Å². The molecule has 0 bridgehead atoms. The summed E-state index contributed by atoms with van der Waals surface area (Å²) in [6.45, 7) is 1.34.